The van der Waals surface area contributed by atoms with Gasteiger partial charge in [-0.15, -0.1) is 0 Å². The molecule has 6 nitrogen and oxygen atoms in total. The smallest absolute Gasteiger partial charge is 0.203 e. The zero-order chi connectivity index (χ0) is 19.1. The molecule has 0 atom stereocenters. The van der Waals surface area contributed by atoms with Crippen LogP contribution in [0.2, 0.25) is 0 Å². The minimum absolute atomic E-state index is 0.00978. The summed E-state index contributed by atoms with van der Waals surface area (Å²) in [5, 5.41) is 9.42. The van der Waals surface area contributed by atoms with E-state index in [4.69, 9.17) is 18.9 Å². The van der Waals surface area contributed by atoms with E-state index in [1.807, 2.05) is 6.07 Å². The van der Waals surface area contributed by atoms with E-state index in [1.54, 1.807) is 31.4 Å². The molecule has 0 aromatic heterocycles. The molecule has 0 fully saturated rings. The van der Waals surface area contributed by atoms with Crippen molar-refractivity contribution < 1.29 is 23.7 Å². The molecule has 0 saturated heterocycles. The zero-order valence-electron chi connectivity index (χ0n) is 15.0. The Morgan fingerprint density at radius 3 is 1.92 bits per heavy atom. The Labute approximate surface area is 152 Å². The third-order valence-electron chi connectivity index (χ3n) is 3.72. The second-order valence-electron chi connectivity index (χ2n) is 5.19. The lowest BCUT2D eigenvalue weighted by Crippen LogP contribution is -2.04. The first-order valence-electron chi connectivity index (χ1n) is 7.68. The van der Waals surface area contributed by atoms with Crippen molar-refractivity contribution in [2.24, 2.45) is 0 Å². The van der Waals surface area contributed by atoms with Crippen LogP contribution in [0.4, 0.5) is 0 Å². The molecule has 0 bridgehead atoms. The normalized spacial score (nSPS) is 10.7. The molecule has 2 rings (SSSR count). The van der Waals surface area contributed by atoms with E-state index in [-0.39, 0.29) is 11.1 Å². The summed E-state index contributed by atoms with van der Waals surface area (Å²) in [6, 6.07) is 12.0. The van der Waals surface area contributed by atoms with Gasteiger partial charge in [-0.25, -0.2) is 0 Å². The average molecular weight is 353 g/mol. The van der Waals surface area contributed by atoms with Crippen molar-refractivity contribution in [3.63, 3.8) is 0 Å². The fraction of sp³-hybridized carbons (Fsp3) is 0.200. The maximum absolute atomic E-state index is 12.8. The number of nitriles is 1. The molecule has 0 unspecified atom stereocenters. The van der Waals surface area contributed by atoms with Crippen LogP contribution in [0.5, 0.6) is 23.0 Å². The molecule has 0 radical (unpaired) electrons. The fourth-order valence-corrected chi connectivity index (χ4v) is 2.38. The second kappa shape index (κ2) is 8.58. The number of ketones is 1. The Kier molecular flexibility index (Phi) is 6.23. The number of hydrogen-bond donors (Lipinski definition) is 0. The number of benzene rings is 2. The fourth-order valence-electron chi connectivity index (χ4n) is 2.38. The van der Waals surface area contributed by atoms with Crippen LogP contribution in [-0.4, -0.2) is 34.2 Å². The van der Waals surface area contributed by atoms with Gasteiger partial charge in [0.1, 0.15) is 17.4 Å². The highest BCUT2D eigenvalue weighted by molar-refractivity contribution is 6.14. The molecule has 0 saturated carbocycles. The Hall–Kier alpha value is -3.46. The van der Waals surface area contributed by atoms with E-state index >= 15 is 0 Å². The molecule has 6 heteroatoms. The highest BCUT2D eigenvalue weighted by atomic mass is 16.5. The standard InChI is InChI=1S/C20H19NO5/c1-23-16-7-5-13(6-8-16)9-15(12-21)19(22)14-10-17(24-2)20(26-4)18(11-14)25-3/h5-11H,1-4H3/b15-9+. The van der Waals surface area contributed by atoms with Crippen LogP contribution in [0.25, 0.3) is 6.08 Å². The number of carbonyl (C=O) groups is 1. The van der Waals surface area contributed by atoms with E-state index in [9.17, 15) is 10.1 Å². The molecular formula is C20H19NO5. The molecule has 26 heavy (non-hydrogen) atoms. The number of methoxy groups -OCH3 is 4. The van der Waals surface area contributed by atoms with E-state index in [1.165, 1.54) is 39.5 Å². The molecule has 0 aliphatic carbocycles. The Bertz CT molecular complexity index is 838. The predicted octanol–water partition coefficient (Wildman–Crippen LogP) is 3.51. The highest BCUT2D eigenvalue weighted by Crippen LogP contribution is 2.38. The molecule has 0 heterocycles. The third-order valence-corrected chi connectivity index (χ3v) is 3.72. The molecule has 0 spiro atoms. The highest BCUT2D eigenvalue weighted by Gasteiger charge is 2.19. The molecule has 134 valence electrons. The third kappa shape index (κ3) is 3.95. The SMILES string of the molecule is COc1ccc(/C=C(\C#N)C(=O)c2cc(OC)c(OC)c(OC)c2)cc1. The van der Waals surface area contributed by atoms with E-state index in [0.29, 0.717) is 28.6 Å². The first-order chi connectivity index (χ1) is 12.6. The lowest BCUT2D eigenvalue weighted by atomic mass is 10.0. The number of rotatable bonds is 7. The minimum atomic E-state index is -0.442. The van der Waals surface area contributed by atoms with Gasteiger partial charge < -0.3 is 18.9 Å². The number of Topliss-reactive ketones (excluding diaryl/α,β-unsaturated/α-hetero) is 1. The summed E-state index contributed by atoms with van der Waals surface area (Å²) < 4.78 is 20.8. The largest absolute Gasteiger partial charge is 0.497 e. The molecule has 0 aliphatic heterocycles. The lowest BCUT2D eigenvalue weighted by Gasteiger charge is -2.13. The van der Waals surface area contributed by atoms with Gasteiger partial charge in [0.05, 0.1) is 28.4 Å². The Balaban J connectivity index is 2.44. The first-order valence-corrected chi connectivity index (χ1v) is 7.68. The maximum Gasteiger partial charge on any atom is 0.203 e. The van der Waals surface area contributed by atoms with Crippen LogP contribution >= 0.6 is 0 Å². The second-order valence-corrected chi connectivity index (χ2v) is 5.19. The summed E-state index contributed by atoms with van der Waals surface area (Å²) in [7, 11) is 5.97. The van der Waals surface area contributed by atoms with Crippen LogP contribution in [0.1, 0.15) is 15.9 Å². The summed E-state index contributed by atoms with van der Waals surface area (Å²) in [6.07, 6.45) is 1.52. The number of hydrogen-bond acceptors (Lipinski definition) is 6. The Morgan fingerprint density at radius 1 is 0.923 bits per heavy atom. The lowest BCUT2D eigenvalue weighted by molar-refractivity contribution is 0.103. The summed E-state index contributed by atoms with van der Waals surface area (Å²) in [6.45, 7) is 0. The van der Waals surface area contributed by atoms with E-state index in [0.717, 1.165) is 0 Å². The number of nitrogens with zero attached hydrogens (tertiary/aromatic N) is 1. The minimum Gasteiger partial charge on any atom is -0.497 e. The van der Waals surface area contributed by atoms with Gasteiger partial charge in [0.15, 0.2) is 11.5 Å². The zero-order valence-corrected chi connectivity index (χ0v) is 15.0. The van der Waals surface area contributed by atoms with Gasteiger partial charge in [-0.3, -0.25) is 4.79 Å². The number of ether oxygens (including phenoxy) is 4. The summed E-state index contributed by atoms with van der Waals surface area (Å²) in [4.78, 5) is 12.8. The molecule has 0 amide bonds. The van der Waals surface area contributed by atoms with Gasteiger partial charge in [0, 0.05) is 5.56 Å². The summed E-state index contributed by atoms with van der Waals surface area (Å²) >= 11 is 0. The first kappa shape index (κ1) is 18.9. The molecular weight excluding hydrogens is 334 g/mol. The predicted molar refractivity (Wildman–Crippen MR) is 97.0 cm³/mol. The quantitative estimate of drug-likeness (QED) is 0.431. The molecule has 0 aliphatic rings. The number of carbonyl (C=O) groups excluding carboxylic acids is 1. The average Bonchev–Trinajstić information content (AvgIpc) is 2.70. The van der Waals surface area contributed by atoms with Crippen molar-refractivity contribution in [3.8, 4) is 29.1 Å². The van der Waals surface area contributed by atoms with Crippen LogP contribution in [0, 0.1) is 11.3 Å². The van der Waals surface area contributed by atoms with Gasteiger partial charge in [-0.2, -0.15) is 5.26 Å². The van der Waals surface area contributed by atoms with Crippen LogP contribution in [0.15, 0.2) is 42.0 Å². The summed E-state index contributed by atoms with van der Waals surface area (Å²) in [5.41, 5.74) is 0.966. The summed E-state index contributed by atoms with van der Waals surface area (Å²) in [5.74, 6) is 1.32. The van der Waals surface area contributed by atoms with Crippen molar-refractivity contribution >= 4 is 11.9 Å². The molecule has 2 aromatic rings. The van der Waals surface area contributed by atoms with Crippen LogP contribution in [-0.2, 0) is 0 Å². The van der Waals surface area contributed by atoms with Crippen molar-refractivity contribution in [2.75, 3.05) is 28.4 Å². The monoisotopic (exact) mass is 353 g/mol. The molecule has 2 aromatic carbocycles. The van der Waals surface area contributed by atoms with Gasteiger partial charge in [-0.05, 0) is 35.9 Å². The van der Waals surface area contributed by atoms with Gasteiger partial charge >= 0.3 is 0 Å². The maximum atomic E-state index is 12.8. The molecule has 0 N–H and O–H groups in total. The van der Waals surface area contributed by atoms with Gasteiger partial charge in [0.2, 0.25) is 11.5 Å². The van der Waals surface area contributed by atoms with Gasteiger partial charge in [0.25, 0.3) is 0 Å². The van der Waals surface area contributed by atoms with Crippen molar-refractivity contribution in [2.45, 2.75) is 0 Å². The van der Waals surface area contributed by atoms with Crippen LogP contribution < -0.4 is 18.9 Å². The topological polar surface area (TPSA) is 77.8 Å². The van der Waals surface area contributed by atoms with Crippen molar-refractivity contribution in [1.29, 1.82) is 5.26 Å². The number of allylic oxidation sites excluding steroid dienone is 1. The van der Waals surface area contributed by atoms with Crippen molar-refractivity contribution in [1.82, 2.24) is 0 Å². The van der Waals surface area contributed by atoms with Crippen LogP contribution in [0.3, 0.4) is 0 Å². The Morgan fingerprint density at radius 2 is 1.50 bits per heavy atom. The van der Waals surface area contributed by atoms with Gasteiger partial charge in [-0.1, -0.05) is 12.1 Å². The van der Waals surface area contributed by atoms with E-state index in [2.05, 4.69) is 0 Å². The van der Waals surface area contributed by atoms with Crippen molar-refractivity contribution in [3.05, 3.63) is 53.1 Å². The van der Waals surface area contributed by atoms with E-state index < -0.39 is 5.78 Å².